The monoisotopic (exact) mass is 460 g/mol. The lowest BCUT2D eigenvalue weighted by atomic mass is 9.98. The first kappa shape index (κ1) is 22.5. The van der Waals surface area contributed by atoms with Crippen molar-refractivity contribution in [2.45, 2.75) is 39.9 Å². The van der Waals surface area contributed by atoms with Gasteiger partial charge in [-0.15, -0.1) is 5.11 Å². The average Bonchev–Trinajstić information content (AvgIpc) is 3.34. The summed E-state index contributed by atoms with van der Waals surface area (Å²) >= 11 is 0. The maximum atomic E-state index is 12.6. The number of hydrazine groups is 1. The third-order valence-corrected chi connectivity index (χ3v) is 6.49. The van der Waals surface area contributed by atoms with E-state index in [9.17, 15) is 4.79 Å². The molecule has 178 valence electrons. The fraction of sp³-hybridized carbons (Fsp3) is 0.440. The van der Waals surface area contributed by atoms with Crippen LogP contribution < -0.4 is 21.4 Å². The summed E-state index contributed by atoms with van der Waals surface area (Å²) in [7, 11) is 0. The van der Waals surface area contributed by atoms with Gasteiger partial charge < -0.3 is 4.90 Å². The molecule has 1 aromatic carbocycles. The molecule has 0 amide bonds. The zero-order valence-corrected chi connectivity index (χ0v) is 20.0. The van der Waals surface area contributed by atoms with Gasteiger partial charge in [0.2, 0.25) is 0 Å². The number of hydrogen-bond acceptors (Lipinski definition) is 8. The SMILES string of the molecule is Cc1cccc2nc(CN3CCN(c4cc(CC(C)C)ccc4C4N=NNN4)CC3)cc(=O)n12. The van der Waals surface area contributed by atoms with Crippen molar-refractivity contribution in [2.24, 2.45) is 16.3 Å². The van der Waals surface area contributed by atoms with E-state index in [2.05, 4.69) is 63.1 Å². The van der Waals surface area contributed by atoms with Gasteiger partial charge in [0, 0.05) is 55.7 Å². The normalized spacial score (nSPS) is 18.7. The Morgan fingerprint density at radius 1 is 1.09 bits per heavy atom. The highest BCUT2D eigenvalue weighted by atomic mass is 16.1. The lowest BCUT2D eigenvalue weighted by molar-refractivity contribution is 0.247. The molecule has 34 heavy (non-hydrogen) atoms. The van der Waals surface area contributed by atoms with Crippen LogP contribution in [0.4, 0.5) is 5.69 Å². The van der Waals surface area contributed by atoms with Crippen molar-refractivity contribution in [3.8, 4) is 0 Å². The Balaban J connectivity index is 1.32. The van der Waals surface area contributed by atoms with Gasteiger partial charge in [-0.3, -0.25) is 14.1 Å². The lowest BCUT2D eigenvalue weighted by Gasteiger charge is -2.37. The van der Waals surface area contributed by atoms with Gasteiger partial charge in [0.05, 0.1) is 5.69 Å². The number of aromatic nitrogens is 2. The highest BCUT2D eigenvalue weighted by Gasteiger charge is 2.25. The number of nitrogens with zero attached hydrogens (tertiary/aromatic N) is 6. The van der Waals surface area contributed by atoms with E-state index in [-0.39, 0.29) is 11.7 Å². The fourth-order valence-corrected chi connectivity index (χ4v) is 4.86. The van der Waals surface area contributed by atoms with Crippen LogP contribution in [0.15, 0.2) is 57.6 Å². The van der Waals surface area contributed by atoms with E-state index in [0.717, 1.165) is 49.6 Å². The van der Waals surface area contributed by atoms with Crippen LogP contribution in [0.1, 0.15) is 42.5 Å². The smallest absolute Gasteiger partial charge is 0.258 e. The Morgan fingerprint density at radius 2 is 1.91 bits per heavy atom. The van der Waals surface area contributed by atoms with Gasteiger partial charge in [-0.2, -0.15) is 5.43 Å². The molecule has 1 saturated heterocycles. The van der Waals surface area contributed by atoms with E-state index in [1.165, 1.54) is 11.3 Å². The van der Waals surface area contributed by atoms with Crippen LogP contribution in [0.5, 0.6) is 0 Å². The number of hydrogen-bond donors (Lipinski definition) is 2. The van der Waals surface area contributed by atoms with Crippen molar-refractivity contribution in [1.82, 2.24) is 25.2 Å². The molecular formula is C25H32N8O. The lowest BCUT2D eigenvalue weighted by Crippen LogP contribution is -2.46. The van der Waals surface area contributed by atoms with Crippen LogP contribution in [0.3, 0.4) is 0 Å². The van der Waals surface area contributed by atoms with Crippen molar-refractivity contribution in [1.29, 1.82) is 0 Å². The zero-order valence-electron chi connectivity index (χ0n) is 20.0. The van der Waals surface area contributed by atoms with E-state index in [0.29, 0.717) is 18.1 Å². The van der Waals surface area contributed by atoms with E-state index in [4.69, 9.17) is 4.98 Å². The Hall–Kier alpha value is -3.30. The number of nitrogens with one attached hydrogen (secondary N) is 2. The summed E-state index contributed by atoms with van der Waals surface area (Å²) in [5, 5.41) is 8.18. The second-order valence-corrected chi connectivity index (χ2v) is 9.57. The number of pyridine rings is 1. The maximum Gasteiger partial charge on any atom is 0.258 e. The molecule has 0 bridgehead atoms. The predicted octanol–water partition coefficient (Wildman–Crippen LogP) is 3.00. The second kappa shape index (κ2) is 9.52. The maximum absolute atomic E-state index is 12.6. The predicted molar refractivity (Wildman–Crippen MR) is 133 cm³/mol. The highest BCUT2D eigenvalue weighted by Crippen LogP contribution is 2.31. The second-order valence-electron chi connectivity index (χ2n) is 9.57. The molecule has 9 nitrogen and oxygen atoms in total. The minimum atomic E-state index is -0.181. The van der Waals surface area contributed by atoms with Gasteiger partial charge in [0.1, 0.15) is 5.65 Å². The Kier molecular flexibility index (Phi) is 6.30. The third-order valence-electron chi connectivity index (χ3n) is 6.49. The number of piperazine rings is 1. The first-order valence-corrected chi connectivity index (χ1v) is 12.0. The Labute approximate surface area is 199 Å². The number of rotatable bonds is 6. The summed E-state index contributed by atoms with van der Waals surface area (Å²) in [4.78, 5) is 22.2. The number of anilines is 1. The topological polar surface area (TPSA) is 89.6 Å². The molecule has 2 aromatic heterocycles. The minimum Gasteiger partial charge on any atom is -0.369 e. The molecule has 2 N–H and O–H groups in total. The minimum absolute atomic E-state index is 0.0183. The number of aryl methyl sites for hydroxylation is 1. The molecule has 0 aliphatic carbocycles. The molecule has 0 spiro atoms. The van der Waals surface area contributed by atoms with Gasteiger partial charge in [0.25, 0.3) is 5.56 Å². The van der Waals surface area contributed by atoms with Crippen LogP contribution >= 0.6 is 0 Å². The summed E-state index contributed by atoms with van der Waals surface area (Å²) < 4.78 is 1.66. The van der Waals surface area contributed by atoms with E-state index in [1.54, 1.807) is 10.5 Å². The third kappa shape index (κ3) is 4.67. The van der Waals surface area contributed by atoms with Crippen LogP contribution in [-0.2, 0) is 13.0 Å². The van der Waals surface area contributed by atoms with Crippen molar-refractivity contribution in [3.63, 3.8) is 0 Å². The van der Waals surface area contributed by atoms with Crippen LogP contribution in [0.2, 0.25) is 0 Å². The van der Waals surface area contributed by atoms with Crippen molar-refractivity contribution < 1.29 is 0 Å². The van der Waals surface area contributed by atoms with Gasteiger partial charge >= 0.3 is 0 Å². The Morgan fingerprint density at radius 3 is 2.65 bits per heavy atom. The standard InChI is InChI=1S/C25H32N8O/c1-17(2)13-19-7-8-21(25-27-29-30-28-25)22(14-19)32-11-9-31(10-12-32)16-20-15-24(34)33-18(3)5-4-6-23(33)26-20/h4-8,14-15,17,25H,9-13,16H2,1-3H3,(H,27,30)(H,28,29). The Bertz CT molecular complexity index is 1260. The molecule has 1 unspecified atom stereocenters. The largest absolute Gasteiger partial charge is 0.369 e. The van der Waals surface area contributed by atoms with Crippen molar-refractivity contribution in [3.05, 3.63) is 75.3 Å². The number of fused-ring (bicyclic) bond motifs is 1. The molecule has 2 aliphatic rings. The molecule has 5 rings (SSSR count). The zero-order chi connectivity index (χ0) is 23.7. The molecule has 3 aromatic rings. The quantitative estimate of drug-likeness (QED) is 0.588. The van der Waals surface area contributed by atoms with Gasteiger partial charge in [-0.05, 0) is 43.0 Å². The molecule has 1 atom stereocenters. The first-order chi connectivity index (χ1) is 16.5. The summed E-state index contributed by atoms with van der Waals surface area (Å²) in [6.07, 6.45) is 0.868. The van der Waals surface area contributed by atoms with Crippen LogP contribution in [0.25, 0.3) is 5.65 Å². The van der Waals surface area contributed by atoms with E-state index < -0.39 is 0 Å². The molecule has 0 saturated carbocycles. The highest BCUT2D eigenvalue weighted by molar-refractivity contribution is 5.57. The summed E-state index contributed by atoms with van der Waals surface area (Å²) in [6.45, 7) is 10.7. The fourth-order valence-electron chi connectivity index (χ4n) is 4.86. The van der Waals surface area contributed by atoms with Gasteiger partial charge in [-0.1, -0.05) is 37.3 Å². The average molecular weight is 461 g/mol. The van der Waals surface area contributed by atoms with Crippen molar-refractivity contribution >= 4 is 11.3 Å². The van der Waals surface area contributed by atoms with E-state index >= 15 is 0 Å². The molecule has 4 heterocycles. The summed E-state index contributed by atoms with van der Waals surface area (Å²) in [6, 6.07) is 14.1. The summed E-state index contributed by atoms with van der Waals surface area (Å²) in [5.74, 6) is 0.601. The van der Waals surface area contributed by atoms with Gasteiger partial charge in [0.15, 0.2) is 6.17 Å². The molecule has 2 aliphatic heterocycles. The van der Waals surface area contributed by atoms with E-state index in [1.807, 2.05) is 25.1 Å². The molecule has 9 heteroatoms. The summed E-state index contributed by atoms with van der Waals surface area (Å²) in [5.41, 5.74) is 12.0. The number of benzene rings is 1. The van der Waals surface area contributed by atoms with Crippen molar-refractivity contribution in [2.75, 3.05) is 31.1 Å². The van der Waals surface area contributed by atoms with Crippen LogP contribution in [0, 0.1) is 12.8 Å². The van der Waals surface area contributed by atoms with Crippen LogP contribution in [-0.4, -0.2) is 40.5 Å². The first-order valence-electron chi connectivity index (χ1n) is 12.0. The van der Waals surface area contributed by atoms with Gasteiger partial charge in [-0.25, -0.2) is 10.5 Å². The molecular weight excluding hydrogens is 428 g/mol. The molecule has 0 radical (unpaired) electrons. The molecule has 1 fully saturated rings.